The van der Waals surface area contributed by atoms with Gasteiger partial charge in [0.25, 0.3) is 0 Å². The molecular weight excluding hydrogens is 208 g/mol. The van der Waals surface area contributed by atoms with Crippen molar-refractivity contribution in [2.45, 2.75) is 71.3 Å². The highest BCUT2D eigenvalue weighted by molar-refractivity contribution is 4.77. The number of hydrogen-bond donors (Lipinski definition) is 1. The SMILES string of the molecule is CCCCCCCC(CN)N1CCC(C)CC1. The Hall–Kier alpha value is -0.0800. The average molecular weight is 240 g/mol. The second-order valence-electron chi connectivity index (χ2n) is 5.81. The molecule has 1 atom stereocenters. The molecule has 1 aliphatic rings. The molecule has 0 spiro atoms. The third-order valence-corrected chi connectivity index (χ3v) is 4.25. The number of piperidine rings is 1. The van der Waals surface area contributed by atoms with Gasteiger partial charge in [0.1, 0.15) is 0 Å². The largest absolute Gasteiger partial charge is 0.329 e. The summed E-state index contributed by atoms with van der Waals surface area (Å²) in [4.78, 5) is 2.64. The lowest BCUT2D eigenvalue weighted by atomic mass is 9.96. The topological polar surface area (TPSA) is 29.3 Å². The summed E-state index contributed by atoms with van der Waals surface area (Å²) in [5.41, 5.74) is 5.94. The molecule has 0 radical (unpaired) electrons. The molecule has 1 heterocycles. The van der Waals surface area contributed by atoms with Gasteiger partial charge in [-0.2, -0.15) is 0 Å². The molecule has 1 fully saturated rings. The predicted molar refractivity (Wildman–Crippen MR) is 76.2 cm³/mol. The van der Waals surface area contributed by atoms with Crippen LogP contribution in [0.25, 0.3) is 0 Å². The lowest BCUT2D eigenvalue weighted by Gasteiger charge is -2.36. The van der Waals surface area contributed by atoms with E-state index in [9.17, 15) is 0 Å². The molecule has 1 aliphatic heterocycles. The fourth-order valence-electron chi connectivity index (χ4n) is 2.83. The normalized spacial score (nSPS) is 20.6. The monoisotopic (exact) mass is 240 g/mol. The Morgan fingerprint density at radius 2 is 1.76 bits per heavy atom. The zero-order valence-electron chi connectivity index (χ0n) is 12.0. The average Bonchev–Trinajstić information content (AvgIpc) is 2.35. The summed E-state index contributed by atoms with van der Waals surface area (Å²) in [6.45, 7) is 8.05. The standard InChI is InChI=1S/C15H32N2/c1-3-4-5-6-7-8-15(13-16)17-11-9-14(2)10-12-17/h14-15H,3-13,16H2,1-2H3. The van der Waals surface area contributed by atoms with E-state index < -0.39 is 0 Å². The second kappa shape index (κ2) is 8.93. The highest BCUT2D eigenvalue weighted by atomic mass is 15.2. The van der Waals surface area contributed by atoms with Gasteiger partial charge >= 0.3 is 0 Å². The number of unbranched alkanes of at least 4 members (excludes halogenated alkanes) is 4. The smallest absolute Gasteiger partial charge is 0.0218 e. The number of nitrogens with two attached hydrogens (primary N) is 1. The summed E-state index contributed by atoms with van der Waals surface area (Å²) < 4.78 is 0. The van der Waals surface area contributed by atoms with Gasteiger partial charge in [-0.1, -0.05) is 46.0 Å². The fraction of sp³-hybridized carbons (Fsp3) is 1.00. The summed E-state index contributed by atoms with van der Waals surface area (Å²) in [6.07, 6.45) is 11.0. The molecular formula is C15H32N2. The lowest BCUT2D eigenvalue weighted by molar-refractivity contribution is 0.133. The van der Waals surface area contributed by atoms with Gasteiger partial charge in [0.2, 0.25) is 0 Å². The molecule has 0 bridgehead atoms. The van der Waals surface area contributed by atoms with Gasteiger partial charge in [0, 0.05) is 12.6 Å². The van der Waals surface area contributed by atoms with Crippen molar-refractivity contribution in [3.63, 3.8) is 0 Å². The van der Waals surface area contributed by atoms with Crippen LogP contribution in [-0.4, -0.2) is 30.6 Å². The van der Waals surface area contributed by atoms with Crippen molar-refractivity contribution in [1.29, 1.82) is 0 Å². The Balaban J connectivity index is 2.14. The van der Waals surface area contributed by atoms with Crippen molar-refractivity contribution < 1.29 is 0 Å². The van der Waals surface area contributed by atoms with Gasteiger partial charge in [-0.3, -0.25) is 4.90 Å². The summed E-state index contributed by atoms with van der Waals surface area (Å²) in [7, 11) is 0. The van der Waals surface area contributed by atoms with E-state index in [1.165, 1.54) is 64.5 Å². The van der Waals surface area contributed by atoms with Crippen LogP contribution in [0.15, 0.2) is 0 Å². The molecule has 2 heteroatoms. The summed E-state index contributed by atoms with van der Waals surface area (Å²) in [5, 5.41) is 0. The van der Waals surface area contributed by atoms with Crippen LogP contribution >= 0.6 is 0 Å². The first kappa shape index (κ1) is 15.0. The van der Waals surface area contributed by atoms with Crippen LogP contribution in [0, 0.1) is 5.92 Å². The third-order valence-electron chi connectivity index (χ3n) is 4.25. The van der Waals surface area contributed by atoms with E-state index in [4.69, 9.17) is 5.73 Å². The minimum atomic E-state index is 0.657. The van der Waals surface area contributed by atoms with Crippen LogP contribution in [0.4, 0.5) is 0 Å². The highest BCUT2D eigenvalue weighted by Gasteiger charge is 2.21. The maximum absolute atomic E-state index is 5.94. The van der Waals surface area contributed by atoms with Crippen LogP contribution in [0.3, 0.4) is 0 Å². The fourth-order valence-corrected chi connectivity index (χ4v) is 2.83. The maximum atomic E-state index is 5.94. The third kappa shape index (κ3) is 5.87. The first-order chi connectivity index (χ1) is 8.27. The summed E-state index contributed by atoms with van der Waals surface area (Å²) in [6, 6.07) is 0.657. The molecule has 1 rings (SSSR count). The highest BCUT2D eigenvalue weighted by Crippen LogP contribution is 2.20. The Morgan fingerprint density at radius 1 is 1.12 bits per heavy atom. The van der Waals surface area contributed by atoms with Crippen molar-refractivity contribution in [3.8, 4) is 0 Å². The van der Waals surface area contributed by atoms with E-state index in [0.29, 0.717) is 6.04 Å². The van der Waals surface area contributed by atoms with Crippen LogP contribution in [0.5, 0.6) is 0 Å². The van der Waals surface area contributed by atoms with E-state index in [-0.39, 0.29) is 0 Å². The molecule has 0 aromatic rings. The van der Waals surface area contributed by atoms with Gasteiger partial charge in [-0.05, 0) is 38.3 Å². The van der Waals surface area contributed by atoms with Gasteiger partial charge < -0.3 is 5.73 Å². The summed E-state index contributed by atoms with van der Waals surface area (Å²) in [5.74, 6) is 0.925. The Morgan fingerprint density at radius 3 is 2.35 bits per heavy atom. The number of hydrogen-bond acceptors (Lipinski definition) is 2. The van der Waals surface area contributed by atoms with Crippen molar-refractivity contribution in [1.82, 2.24) is 4.90 Å². The first-order valence-corrected chi connectivity index (χ1v) is 7.72. The second-order valence-corrected chi connectivity index (χ2v) is 5.81. The minimum Gasteiger partial charge on any atom is -0.329 e. The van der Waals surface area contributed by atoms with Gasteiger partial charge in [-0.15, -0.1) is 0 Å². The molecule has 2 N–H and O–H groups in total. The zero-order valence-corrected chi connectivity index (χ0v) is 12.0. The number of likely N-dealkylation sites (tertiary alicyclic amines) is 1. The molecule has 1 unspecified atom stereocenters. The van der Waals surface area contributed by atoms with E-state index >= 15 is 0 Å². The molecule has 0 amide bonds. The van der Waals surface area contributed by atoms with Crippen LogP contribution in [0.2, 0.25) is 0 Å². The Bertz CT molecular complexity index is 174. The molecule has 0 aromatic heterocycles. The number of rotatable bonds is 8. The van der Waals surface area contributed by atoms with E-state index in [2.05, 4.69) is 18.7 Å². The molecule has 102 valence electrons. The molecule has 17 heavy (non-hydrogen) atoms. The molecule has 0 aromatic carbocycles. The Kier molecular flexibility index (Phi) is 7.87. The zero-order chi connectivity index (χ0) is 12.5. The summed E-state index contributed by atoms with van der Waals surface area (Å²) >= 11 is 0. The van der Waals surface area contributed by atoms with Crippen molar-refractivity contribution >= 4 is 0 Å². The van der Waals surface area contributed by atoms with Crippen molar-refractivity contribution in [3.05, 3.63) is 0 Å². The van der Waals surface area contributed by atoms with Crippen molar-refractivity contribution in [2.24, 2.45) is 11.7 Å². The molecule has 1 saturated heterocycles. The molecule has 2 nitrogen and oxygen atoms in total. The van der Waals surface area contributed by atoms with Crippen LogP contribution < -0.4 is 5.73 Å². The predicted octanol–water partition coefficient (Wildman–Crippen LogP) is 3.41. The van der Waals surface area contributed by atoms with E-state index in [0.717, 1.165) is 12.5 Å². The van der Waals surface area contributed by atoms with Crippen LogP contribution in [-0.2, 0) is 0 Å². The maximum Gasteiger partial charge on any atom is 0.0218 e. The van der Waals surface area contributed by atoms with Gasteiger partial charge in [0.15, 0.2) is 0 Å². The van der Waals surface area contributed by atoms with Gasteiger partial charge in [0.05, 0.1) is 0 Å². The number of nitrogens with zero attached hydrogens (tertiary/aromatic N) is 1. The van der Waals surface area contributed by atoms with E-state index in [1.807, 2.05) is 0 Å². The quantitative estimate of drug-likeness (QED) is 0.659. The van der Waals surface area contributed by atoms with Crippen LogP contribution in [0.1, 0.15) is 65.2 Å². The van der Waals surface area contributed by atoms with Crippen molar-refractivity contribution in [2.75, 3.05) is 19.6 Å². The minimum absolute atomic E-state index is 0.657. The van der Waals surface area contributed by atoms with Gasteiger partial charge in [-0.25, -0.2) is 0 Å². The Labute approximate surface area is 108 Å². The molecule has 0 aliphatic carbocycles. The lowest BCUT2D eigenvalue weighted by Crippen LogP contribution is -2.44. The van der Waals surface area contributed by atoms with E-state index in [1.54, 1.807) is 0 Å². The molecule has 0 saturated carbocycles. The first-order valence-electron chi connectivity index (χ1n) is 7.72.